The van der Waals surface area contributed by atoms with Crippen molar-refractivity contribution >= 4 is 11.0 Å². The van der Waals surface area contributed by atoms with Crippen LogP contribution in [-0.4, -0.2) is 47.8 Å². The number of aromatic amines is 1. The molecule has 186 valence electrons. The first kappa shape index (κ1) is 22.0. The highest BCUT2D eigenvalue weighted by Crippen LogP contribution is 2.47. The third kappa shape index (κ3) is 4.12. The second-order valence-electron chi connectivity index (χ2n) is 12.1. The molecule has 0 spiro atoms. The molecule has 1 N–H and O–H groups in total. The second kappa shape index (κ2) is 9.02. The molecule has 7 rings (SSSR count). The Kier molecular flexibility index (Phi) is 5.68. The van der Waals surface area contributed by atoms with Gasteiger partial charge in [0.1, 0.15) is 17.5 Å². The van der Waals surface area contributed by atoms with Crippen LogP contribution < -0.4 is 0 Å². The van der Waals surface area contributed by atoms with E-state index < -0.39 is 0 Å². The first-order valence-electron chi connectivity index (χ1n) is 14.3. The number of para-hydroxylation sites is 2. The van der Waals surface area contributed by atoms with Crippen molar-refractivity contribution in [2.75, 3.05) is 0 Å². The lowest BCUT2D eigenvalue weighted by molar-refractivity contribution is -0.0419. The van der Waals surface area contributed by atoms with E-state index in [0.717, 1.165) is 59.4 Å². The lowest BCUT2D eigenvalue weighted by atomic mass is 9.73. The van der Waals surface area contributed by atoms with E-state index in [9.17, 15) is 0 Å². The summed E-state index contributed by atoms with van der Waals surface area (Å²) < 4.78 is 2.59. The van der Waals surface area contributed by atoms with Crippen molar-refractivity contribution in [1.29, 1.82) is 0 Å². The summed E-state index contributed by atoms with van der Waals surface area (Å²) in [5.74, 6) is 4.92. The van der Waals surface area contributed by atoms with E-state index >= 15 is 0 Å². The van der Waals surface area contributed by atoms with E-state index in [4.69, 9.17) is 4.98 Å². The van der Waals surface area contributed by atoms with Crippen molar-refractivity contribution in [3.63, 3.8) is 0 Å². The molecule has 4 fully saturated rings. The lowest BCUT2D eigenvalue weighted by Gasteiger charge is -2.54. The first-order valence-corrected chi connectivity index (χ1v) is 14.3. The van der Waals surface area contributed by atoms with Gasteiger partial charge >= 0.3 is 0 Å². The van der Waals surface area contributed by atoms with Gasteiger partial charge in [0.05, 0.1) is 17.5 Å². The van der Waals surface area contributed by atoms with Gasteiger partial charge in [0.15, 0.2) is 0 Å². The normalized spacial score (nSPS) is 33.6. The van der Waals surface area contributed by atoms with Gasteiger partial charge in [-0.3, -0.25) is 4.90 Å². The number of imidazole rings is 1. The predicted octanol–water partition coefficient (Wildman–Crippen LogP) is 5.97. The fourth-order valence-corrected chi connectivity index (χ4v) is 8.56. The van der Waals surface area contributed by atoms with Crippen molar-refractivity contribution in [3.05, 3.63) is 41.7 Å². The number of H-pyrrole nitrogens is 1. The van der Waals surface area contributed by atoms with Gasteiger partial charge in [0, 0.05) is 24.2 Å². The van der Waals surface area contributed by atoms with Gasteiger partial charge in [-0.15, -0.1) is 10.2 Å². The summed E-state index contributed by atoms with van der Waals surface area (Å²) in [6.07, 6.45) is 17.8. The predicted molar refractivity (Wildman–Crippen MR) is 138 cm³/mol. The SMILES string of the molecule is Cc1nnc(Cc2nc3ccccc3n2[C@@H]2C[C@H]3CCC[C@@H](C2)N3[C@H]2C[C@@H]3CCCC[C@@H](C3)C2)[nH]1. The summed E-state index contributed by atoms with van der Waals surface area (Å²) in [5, 5.41) is 8.56. The zero-order valence-corrected chi connectivity index (χ0v) is 21.2. The zero-order chi connectivity index (χ0) is 23.4. The van der Waals surface area contributed by atoms with Crippen LogP contribution in [0.15, 0.2) is 24.3 Å². The van der Waals surface area contributed by atoms with Crippen LogP contribution in [0.25, 0.3) is 11.0 Å². The molecule has 2 saturated heterocycles. The van der Waals surface area contributed by atoms with Crippen molar-refractivity contribution in [2.24, 2.45) is 11.8 Å². The second-order valence-corrected chi connectivity index (χ2v) is 12.1. The van der Waals surface area contributed by atoms with Gasteiger partial charge in [-0.2, -0.15) is 0 Å². The van der Waals surface area contributed by atoms with Crippen molar-refractivity contribution in [3.8, 4) is 0 Å². The van der Waals surface area contributed by atoms with E-state index in [1.807, 2.05) is 6.92 Å². The average Bonchev–Trinajstić information content (AvgIpc) is 3.38. The Morgan fingerprint density at radius 2 is 1.54 bits per heavy atom. The van der Waals surface area contributed by atoms with Crippen LogP contribution in [0.1, 0.15) is 101 Å². The van der Waals surface area contributed by atoms with E-state index in [0.29, 0.717) is 6.04 Å². The van der Waals surface area contributed by atoms with Crippen LogP contribution >= 0.6 is 0 Å². The van der Waals surface area contributed by atoms with Crippen molar-refractivity contribution in [2.45, 2.75) is 115 Å². The van der Waals surface area contributed by atoms with Crippen molar-refractivity contribution in [1.82, 2.24) is 29.6 Å². The van der Waals surface area contributed by atoms with Crippen LogP contribution in [0.4, 0.5) is 0 Å². The smallest absolute Gasteiger partial charge is 0.137 e. The molecule has 4 bridgehead atoms. The molecule has 4 heterocycles. The third-order valence-electron chi connectivity index (χ3n) is 9.79. The highest BCUT2D eigenvalue weighted by Gasteiger charge is 2.45. The average molecular weight is 473 g/mol. The molecule has 2 aliphatic carbocycles. The van der Waals surface area contributed by atoms with Crippen LogP contribution in [-0.2, 0) is 6.42 Å². The quantitative estimate of drug-likeness (QED) is 0.508. The van der Waals surface area contributed by atoms with Gasteiger partial charge in [0.2, 0.25) is 0 Å². The Morgan fingerprint density at radius 3 is 2.26 bits per heavy atom. The van der Waals surface area contributed by atoms with Crippen LogP contribution in [0.2, 0.25) is 0 Å². The highest BCUT2D eigenvalue weighted by molar-refractivity contribution is 5.76. The number of fused-ring (bicyclic) bond motifs is 5. The summed E-state index contributed by atoms with van der Waals surface area (Å²) in [6, 6.07) is 11.6. The van der Waals surface area contributed by atoms with E-state index in [-0.39, 0.29) is 0 Å². The fraction of sp³-hybridized carbons (Fsp3) is 0.690. The molecule has 2 aliphatic heterocycles. The number of aryl methyl sites for hydroxylation is 1. The minimum absolute atomic E-state index is 0.527. The molecular weight excluding hydrogens is 432 g/mol. The Bertz CT molecular complexity index is 1150. The molecule has 3 aromatic rings. The molecule has 2 aromatic heterocycles. The number of hydrogen-bond donors (Lipinski definition) is 1. The molecule has 6 heteroatoms. The number of rotatable bonds is 4. The summed E-state index contributed by atoms with van der Waals surface area (Å²) in [6.45, 7) is 1.97. The van der Waals surface area contributed by atoms with Crippen LogP contribution in [0.3, 0.4) is 0 Å². The Morgan fingerprint density at radius 1 is 0.800 bits per heavy atom. The maximum Gasteiger partial charge on any atom is 0.137 e. The van der Waals surface area contributed by atoms with E-state index in [1.54, 1.807) is 0 Å². The van der Waals surface area contributed by atoms with Crippen LogP contribution in [0, 0.1) is 18.8 Å². The highest BCUT2D eigenvalue weighted by atomic mass is 15.3. The van der Waals surface area contributed by atoms with Crippen molar-refractivity contribution < 1.29 is 0 Å². The topological polar surface area (TPSA) is 62.6 Å². The summed E-state index contributed by atoms with van der Waals surface area (Å²) in [7, 11) is 0. The standard InChI is InChI=1S/C29H40N6/c1-19-30-28(33-32-19)18-29-31-26-11-4-5-12-27(26)35(29)25-16-22-9-6-10-23(17-25)34(22)24-14-20-7-2-3-8-21(13-20)15-24/h4-5,11-12,20-25H,2-3,6-10,13-18H2,1H3,(H,30,32,33)/t20-,21+,22-,23+,24+,25-. The van der Waals surface area contributed by atoms with E-state index in [1.165, 1.54) is 82.6 Å². The number of nitrogens with zero attached hydrogens (tertiary/aromatic N) is 5. The molecule has 0 unspecified atom stereocenters. The largest absolute Gasteiger partial charge is 0.329 e. The maximum absolute atomic E-state index is 5.11. The molecular formula is C29H40N6. The minimum atomic E-state index is 0.527. The number of aromatic nitrogens is 5. The molecule has 2 saturated carbocycles. The Hall–Kier alpha value is -2.21. The summed E-state index contributed by atoms with van der Waals surface area (Å²) in [5.41, 5.74) is 2.40. The Balaban J connectivity index is 1.19. The van der Waals surface area contributed by atoms with Gasteiger partial charge in [-0.1, -0.05) is 44.2 Å². The zero-order valence-electron chi connectivity index (χ0n) is 21.2. The summed E-state index contributed by atoms with van der Waals surface area (Å²) in [4.78, 5) is 11.5. The van der Waals surface area contributed by atoms with Gasteiger partial charge in [-0.05, 0) is 75.8 Å². The lowest BCUT2D eigenvalue weighted by Crippen LogP contribution is -2.58. The molecule has 1 aromatic carbocycles. The molecule has 0 amide bonds. The molecule has 0 radical (unpaired) electrons. The number of hydrogen-bond acceptors (Lipinski definition) is 4. The van der Waals surface area contributed by atoms with E-state index in [2.05, 4.69) is 48.9 Å². The van der Waals surface area contributed by atoms with Gasteiger partial charge < -0.3 is 9.55 Å². The minimum Gasteiger partial charge on any atom is -0.329 e. The third-order valence-corrected chi connectivity index (χ3v) is 9.79. The fourth-order valence-electron chi connectivity index (χ4n) is 8.56. The number of piperidine rings is 2. The molecule has 4 aliphatic rings. The van der Waals surface area contributed by atoms with Crippen LogP contribution in [0.5, 0.6) is 0 Å². The number of benzene rings is 1. The number of nitrogens with one attached hydrogen (secondary N) is 1. The molecule has 35 heavy (non-hydrogen) atoms. The molecule has 6 nitrogen and oxygen atoms in total. The summed E-state index contributed by atoms with van der Waals surface area (Å²) >= 11 is 0. The molecule has 6 atom stereocenters. The Labute approximate surface area is 208 Å². The van der Waals surface area contributed by atoms with Gasteiger partial charge in [-0.25, -0.2) is 4.98 Å². The first-order chi connectivity index (χ1) is 17.2. The van der Waals surface area contributed by atoms with Gasteiger partial charge in [0.25, 0.3) is 0 Å². The monoisotopic (exact) mass is 472 g/mol. The maximum atomic E-state index is 5.11.